The Balaban J connectivity index is 1.81. The van der Waals surface area contributed by atoms with Crippen LogP contribution in [-0.2, 0) is 0 Å². The lowest BCUT2D eigenvalue weighted by Gasteiger charge is -1.92. The van der Waals surface area contributed by atoms with E-state index in [1.165, 1.54) is 6.42 Å². The Morgan fingerprint density at radius 3 is 2.43 bits per heavy atom. The predicted octanol–water partition coefficient (Wildman–Crippen LogP) is 1.83. The first-order valence-corrected chi connectivity index (χ1v) is 3.04. The van der Waals surface area contributed by atoms with Crippen LogP contribution in [0.2, 0.25) is 0 Å². The van der Waals surface area contributed by atoms with Crippen molar-refractivity contribution in [2.24, 2.45) is 17.8 Å². The molecule has 2 unspecified atom stereocenters. The van der Waals surface area contributed by atoms with Crippen molar-refractivity contribution in [1.82, 2.24) is 0 Å². The summed E-state index contributed by atoms with van der Waals surface area (Å²) in [6.45, 7) is 3.70. The average molecular weight is 94.2 g/mol. The van der Waals surface area contributed by atoms with Crippen LogP contribution in [0.25, 0.3) is 0 Å². The summed E-state index contributed by atoms with van der Waals surface area (Å²) in [4.78, 5) is 0. The largest absolute Gasteiger partial charge is 0.103 e. The highest BCUT2D eigenvalue weighted by Gasteiger charge is 2.62. The zero-order valence-corrected chi connectivity index (χ0v) is 4.43. The quantitative estimate of drug-likeness (QED) is 0.458. The molecule has 7 heavy (non-hydrogen) atoms. The lowest BCUT2D eigenvalue weighted by atomic mass is 10.1. The Hall–Kier alpha value is -0.260. The molecular formula is C7H10. The molecule has 2 aliphatic rings. The summed E-state index contributed by atoms with van der Waals surface area (Å²) >= 11 is 0. The van der Waals surface area contributed by atoms with Crippen molar-refractivity contribution in [3.63, 3.8) is 0 Å². The highest BCUT2D eigenvalue weighted by atomic mass is 14.7. The number of hydrogen-bond donors (Lipinski definition) is 0. The standard InChI is InChI=1S/C7H10/c1-2-3-5-6-4-7(5)6/h2,5-7H,1,3-4H2. The van der Waals surface area contributed by atoms with Gasteiger partial charge in [0.25, 0.3) is 0 Å². The summed E-state index contributed by atoms with van der Waals surface area (Å²) in [6, 6.07) is 0. The van der Waals surface area contributed by atoms with Gasteiger partial charge in [-0.15, -0.1) is 6.58 Å². The van der Waals surface area contributed by atoms with Crippen molar-refractivity contribution in [3.8, 4) is 0 Å². The molecule has 0 heterocycles. The van der Waals surface area contributed by atoms with Gasteiger partial charge in [-0.3, -0.25) is 0 Å². The summed E-state index contributed by atoms with van der Waals surface area (Å²) < 4.78 is 0. The third-order valence-electron chi connectivity index (χ3n) is 2.29. The molecule has 2 atom stereocenters. The third-order valence-corrected chi connectivity index (χ3v) is 2.29. The molecule has 0 aromatic rings. The maximum absolute atomic E-state index is 3.70. The Kier molecular flexibility index (Phi) is 0.495. The number of rotatable bonds is 2. The average Bonchev–Trinajstić information content (AvgIpc) is 2.41. The molecular weight excluding hydrogens is 84.1 g/mol. The van der Waals surface area contributed by atoms with Crippen LogP contribution in [0.4, 0.5) is 0 Å². The van der Waals surface area contributed by atoms with Crippen LogP contribution in [-0.4, -0.2) is 0 Å². The minimum Gasteiger partial charge on any atom is -0.103 e. The van der Waals surface area contributed by atoms with Crippen molar-refractivity contribution in [1.29, 1.82) is 0 Å². The minimum absolute atomic E-state index is 1.09. The Morgan fingerprint density at radius 2 is 2.29 bits per heavy atom. The van der Waals surface area contributed by atoms with Crippen molar-refractivity contribution >= 4 is 0 Å². The summed E-state index contributed by atoms with van der Waals surface area (Å²) in [5.41, 5.74) is 0. The zero-order chi connectivity index (χ0) is 4.85. The maximum Gasteiger partial charge on any atom is -0.0317 e. The monoisotopic (exact) mass is 94.1 g/mol. The van der Waals surface area contributed by atoms with Gasteiger partial charge in [-0.1, -0.05) is 6.08 Å². The van der Waals surface area contributed by atoms with E-state index < -0.39 is 0 Å². The SMILES string of the molecule is C=CCC1C2CC12. The summed E-state index contributed by atoms with van der Waals surface area (Å²) in [7, 11) is 0. The van der Waals surface area contributed by atoms with Gasteiger partial charge in [-0.05, 0) is 30.6 Å². The Labute approximate surface area is 44.2 Å². The first kappa shape index (κ1) is 3.71. The molecule has 0 bridgehead atoms. The molecule has 0 aliphatic heterocycles. The van der Waals surface area contributed by atoms with Crippen molar-refractivity contribution in [2.75, 3.05) is 0 Å². The zero-order valence-electron chi connectivity index (χ0n) is 4.43. The predicted molar refractivity (Wildman–Crippen MR) is 29.9 cm³/mol. The topological polar surface area (TPSA) is 0 Å². The second kappa shape index (κ2) is 0.936. The summed E-state index contributed by atoms with van der Waals surface area (Å²) in [5, 5.41) is 0. The molecule has 0 nitrogen and oxygen atoms in total. The molecule has 2 aliphatic carbocycles. The van der Waals surface area contributed by atoms with Crippen LogP contribution in [0.5, 0.6) is 0 Å². The van der Waals surface area contributed by atoms with E-state index in [0.29, 0.717) is 0 Å². The summed E-state index contributed by atoms with van der Waals surface area (Å²) in [6.07, 6.45) is 4.88. The van der Waals surface area contributed by atoms with E-state index >= 15 is 0 Å². The maximum atomic E-state index is 3.70. The number of fused-ring (bicyclic) bond motifs is 1. The smallest absolute Gasteiger partial charge is 0.0317 e. The van der Waals surface area contributed by atoms with Gasteiger partial charge in [0.05, 0.1) is 0 Å². The van der Waals surface area contributed by atoms with Crippen LogP contribution >= 0.6 is 0 Å². The highest BCUT2D eigenvalue weighted by molar-refractivity contribution is 5.13. The van der Waals surface area contributed by atoms with Gasteiger partial charge >= 0.3 is 0 Å². The fourth-order valence-electron chi connectivity index (χ4n) is 1.46. The first-order valence-electron chi connectivity index (χ1n) is 3.04. The fourth-order valence-corrected chi connectivity index (χ4v) is 1.46. The van der Waals surface area contributed by atoms with E-state index in [1.54, 1.807) is 6.42 Å². The number of allylic oxidation sites excluding steroid dienone is 1. The normalized spacial score (nSPS) is 52.9. The summed E-state index contributed by atoms with van der Waals surface area (Å²) in [5.74, 6) is 3.42. The minimum atomic E-state index is 1.09. The third kappa shape index (κ3) is 0.370. The first-order chi connectivity index (χ1) is 3.43. The van der Waals surface area contributed by atoms with Gasteiger partial charge < -0.3 is 0 Å². The Bertz CT molecular complexity index is 96.6. The van der Waals surface area contributed by atoms with Crippen LogP contribution in [0, 0.1) is 17.8 Å². The van der Waals surface area contributed by atoms with E-state index in [9.17, 15) is 0 Å². The van der Waals surface area contributed by atoms with Gasteiger partial charge in [0.15, 0.2) is 0 Å². The molecule has 2 fully saturated rings. The molecule has 0 spiro atoms. The van der Waals surface area contributed by atoms with Crippen molar-refractivity contribution < 1.29 is 0 Å². The van der Waals surface area contributed by atoms with E-state index in [2.05, 4.69) is 12.7 Å². The Morgan fingerprint density at radius 1 is 1.57 bits per heavy atom. The van der Waals surface area contributed by atoms with Crippen LogP contribution < -0.4 is 0 Å². The van der Waals surface area contributed by atoms with Gasteiger partial charge in [0, 0.05) is 0 Å². The molecule has 0 amide bonds. The number of hydrogen-bond acceptors (Lipinski definition) is 0. The van der Waals surface area contributed by atoms with Gasteiger partial charge in [0.2, 0.25) is 0 Å². The van der Waals surface area contributed by atoms with Crippen molar-refractivity contribution in [2.45, 2.75) is 12.8 Å². The molecule has 2 saturated carbocycles. The molecule has 0 radical (unpaired) electrons. The van der Waals surface area contributed by atoms with Crippen LogP contribution in [0.3, 0.4) is 0 Å². The highest BCUT2D eigenvalue weighted by Crippen LogP contribution is 2.69. The van der Waals surface area contributed by atoms with Crippen LogP contribution in [0.15, 0.2) is 12.7 Å². The van der Waals surface area contributed by atoms with E-state index in [1.807, 2.05) is 0 Å². The molecule has 0 aromatic heterocycles. The lowest BCUT2D eigenvalue weighted by molar-refractivity contribution is 0.625. The van der Waals surface area contributed by atoms with Gasteiger partial charge in [-0.25, -0.2) is 0 Å². The lowest BCUT2D eigenvalue weighted by Crippen LogP contribution is -1.82. The van der Waals surface area contributed by atoms with Gasteiger partial charge in [0.1, 0.15) is 0 Å². The van der Waals surface area contributed by atoms with Gasteiger partial charge in [-0.2, -0.15) is 0 Å². The van der Waals surface area contributed by atoms with Crippen LogP contribution in [0.1, 0.15) is 12.8 Å². The molecule has 0 N–H and O–H groups in total. The fraction of sp³-hybridized carbons (Fsp3) is 0.714. The second-order valence-corrected chi connectivity index (χ2v) is 2.75. The van der Waals surface area contributed by atoms with E-state index in [4.69, 9.17) is 0 Å². The molecule has 38 valence electrons. The van der Waals surface area contributed by atoms with Crippen molar-refractivity contribution in [3.05, 3.63) is 12.7 Å². The molecule has 0 aromatic carbocycles. The molecule has 0 saturated heterocycles. The second-order valence-electron chi connectivity index (χ2n) is 2.75. The molecule has 0 heteroatoms. The molecule has 2 rings (SSSR count). The van der Waals surface area contributed by atoms with E-state index in [0.717, 1.165) is 17.8 Å². The van der Waals surface area contributed by atoms with E-state index in [-0.39, 0.29) is 0 Å².